The van der Waals surface area contributed by atoms with Gasteiger partial charge in [0.2, 0.25) is 0 Å². The lowest BCUT2D eigenvalue weighted by Gasteiger charge is -2.47. The fourth-order valence-corrected chi connectivity index (χ4v) is 3.25. The Bertz CT molecular complexity index is 274. The molecule has 3 heteroatoms. The van der Waals surface area contributed by atoms with Crippen LogP contribution in [0.3, 0.4) is 0 Å². The molecule has 18 heavy (non-hydrogen) atoms. The maximum absolute atomic E-state index is 10.6. The maximum atomic E-state index is 10.6. The number of aliphatic hydroxyl groups is 1. The van der Waals surface area contributed by atoms with Crippen molar-refractivity contribution in [2.24, 2.45) is 5.92 Å². The van der Waals surface area contributed by atoms with Gasteiger partial charge in [-0.15, -0.1) is 6.58 Å². The smallest absolute Gasteiger partial charge is 0.0730 e. The molecule has 1 spiro atoms. The molecule has 2 rings (SSSR count). The summed E-state index contributed by atoms with van der Waals surface area (Å²) in [6.07, 6.45) is 7.45. The second-order valence-electron chi connectivity index (χ2n) is 6.02. The first-order valence-corrected chi connectivity index (χ1v) is 7.13. The number of hydrogen-bond acceptors (Lipinski definition) is 3. The zero-order chi connectivity index (χ0) is 13.1. The van der Waals surface area contributed by atoms with Gasteiger partial charge in [0.25, 0.3) is 0 Å². The van der Waals surface area contributed by atoms with Crippen LogP contribution < -0.4 is 0 Å². The number of hydrogen-bond donors (Lipinski definition) is 1. The van der Waals surface area contributed by atoms with Crippen molar-refractivity contribution in [1.29, 1.82) is 0 Å². The molecule has 0 radical (unpaired) electrons. The summed E-state index contributed by atoms with van der Waals surface area (Å²) < 4.78 is 11.5. The molecule has 1 N–H and O–H groups in total. The van der Waals surface area contributed by atoms with E-state index in [0.29, 0.717) is 5.92 Å². The molecule has 3 nitrogen and oxygen atoms in total. The van der Waals surface area contributed by atoms with Crippen LogP contribution in [0.2, 0.25) is 0 Å². The Morgan fingerprint density at radius 2 is 2.11 bits per heavy atom. The quantitative estimate of drug-likeness (QED) is 0.784. The van der Waals surface area contributed by atoms with E-state index in [2.05, 4.69) is 6.58 Å². The van der Waals surface area contributed by atoms with Gasteiger partial charge in [0.05, 0.1) is 11.2 Å². The van der Waals surface area contributed by atoms with E-state index < -0.39 is 5.60 Å². The van der Waals surface area contributed by atoms with E-state index in [9.17, 15) is 5.11 Å². The second kappa shape index (κ2) is 5.72. The molecule has 2 aliphatic heterocycles. The number of ether oxygens (including phenoxy) is 2. The summed E-state index contributed by atoms with van der Waals surface area (Å²) in [4.78, 5) is 0. The largest absolute Gasteiger partial charge is 0.390 e. The Morgan fingerprint density at radius 1 is 1.39 bits per heavy atom. The Kier molecular flexibility index (Phi) is 4.46. The van der Waals surface area contributed by atoms with Crippen molar-refractivity contribution in [2.45, 2.75) is 56.7 Å². The van der Waals surface area contributed by atoms with Crippen molar-refractivity contribution < 1.29 is 14.6 Å². The van der Waals surface area contributed by atoms with Crippen LogP contribution in [0.15, 0.2) is 12.7 Å². The minimum atomic E-state index is -0.594. The maximum Gasteiger partial charge on any atom is 0.0730 e. The lowest BCUT2D eigenvalue weighted by Crippen LogP contribution is -2.49. The van der Waals surface area contributed by atoms with E-state index in [4.69, 9.17) is 9.47 Å². The summed E-state index contributed by atoms with van der Waals surface area (Å²) in [6.45, 7) is 8.07. The lowest BCUT2D eigenvalue weighted by molar-refractivity contribution is -0.173. The van der Waals surface area contributed by atoms with Crippen LogP contribution in [0.4, 0.5) is 0 Å². The molecular weight excluding hydrogens is 228 g/mol. The summed E-state index contributed by atoms with van der Waals surface area (Å²) in [5.74, 6) is 0.337. The molecule has 2 aliphatic rings. The van der Waals surface area contributed by atoms with Crippen molar-refractivity contribution in [3.05, 3.63) is 12.7 Å². The molecule has 2 atom stereocenters. The van der Waals surface area contributed by atoms with Gasteiger partial charge in [0, 0.05) is 19.8 Å². The van der Waals surface area contributed by atoms with Gasteiger partial charge in [-0.25, -0.2) is 0 Å². The molecule has 0 aromatic heterocycles. The van der Waals surface area contributed by atoms with Gasteiger partial charge in [-0.1, -0.05) is 6.08 Å². The fourth-order valence-electron chi connectivity index (χ4n) is 3.25. The Morgan fingerprint density at radius 3 is 2.78 bits per heavy atom. The van der Waals surface area contributed by atoms with Crippen LogP contribution in [0.1, 0.15) is 45.4 Å². The van der Waals surface area contributed by atoms with E-state index >= 15 is 0 Å². The molecule has 0 aromatic rings. The Hall–Kier alpha value is -0.380. The van der Waals surface area contributed by atoms with Crippen molar-refractivity contribution in [2.75, 3.05) is 19.8 Å². The summed E-state index contributed by atoms with van der Waals surface area (Å²) in [7, 11) is 0. The standard InChI is InChI=1S/C15H26O3/c1-3-4-6-14(2,16)13-5-9-18-15(12-13)7-10-17-11-8-15/h3,13,16H,1,4-12H2,2H3. The van der Waals surface area contributed by atoms with E-state index in [-0.39, 0.29) is 5.60 Å². The zero-order valence-electron chi connectivity index (χ0n) is 11.5. The van der Waals surface area contributed by atoms with Gasteiger partial charge >= 0.3 is 0 Å². The lowest BCUT2D eigenvalue weighted by atomic mass is 9.72. The third kappa shape index (κ3) is 3.14. The van der Waals surface area contributed by atoms with Crippen molar-refractivity contribution in [1.82, 2.24) is 0 Å². The van der Waals surface area contributed by atoms with Gasteiger partial charge in [-0.3, -0.25) is 0 Å². The van der Waals surface area contributed by atoms with Crippen LogP contribution >= 0.6 is 0 Å². The van der Waals surface area contributed by atoms with Crippen LogP contribution in [0.5, 0.6) is 0 Å². The SMILES string of the molecule is C=CCCC(C)(O)C1CCOC2(CCOCC2)C1. The Balaban J connectivity index is 1.98. The molecule has 0 amide bonds. The molecule has 2 heterocycles. The monoisotopic (exact) mass is 254 g/mol. The minimum Gasteiger partial charge on any atom is -0.390 e. The number of allylic oxidation sites excluding steroid dienone is 1. The van der Waals surface area contributed by atoms with Crippen LogP contribution in [-0.4, -0.2) is 36.1 Å². The molecule has 104 valence electrons. The first-order chi connectivity index (χ1) is 8.58. The predicted molar refractivity (Wildman–Crippen MR) is 71.5 cm³/mol. The molecule has 0 aromatic carbocycles. The summed E-state index contributed by atoms with van der Waals surface area (Å²) in [5.41, 5.74) is -0.622. The first kappa shape index (κ1) is 14.0. The van der Waals surface area contributed by atoms with Crippen molar-refractivity contribution in [3.63, 3.8) is 0 Å². The van der Waals surface area contributed by atoms with Gasteiger partial charge < -0.3 is 14.6 Å². The Labute approximate surface area is 110 Å². The van der Waals surface area contributed by atoms with Crippen LogP contribution in [0.25, 0.3) is 0 Å². The summed E-state index contributed by atoms with van der Waals surface area (Å²) in [5, 5.41) is 10.6. The van der Waals surface area contributed by atoms with Gasteiger partial charge in [0.1, 0.15) is 0 Å². The zero-order valence-corrected chi connectivity index (χ0v) is 11.5. The summed E-state index contributed by atoms with van der Waals surface area (Å²) >= 11 is 0. The van der Waals surface area contributed by atoms with Crippen LogP contribution in [0, 0.1) is 5.92 Å². The van der Waals surface area contributed by atoms with Gasteiger partial charge in [-0.2, -0.15) is 0 Å². The highest BCUT2D eigenvalue weighted by atomic mass is 16.5. The first-order valence-electron chi connectivity index (χ1n) is 7.13. The van der Waals surface area contributed by atoms with Gasteiger partial charge in [-0.05, 0) is 51.4 Å². The highest BCUT2D eigenvalue weighted by molar-refractivity contribution is 4.95. The molecule has 0 aliphatic carbocycles. The van der Waals surface area contributed by atoms with E-state index in [1.165, 1.54) is 0 Å². The third-order valence-electron chi connectivity index (χ3n) is 4.63. The molecule has 2 fully saturated rings. The molecule has 2 saturated heterocycles. The average molecular weight is 254 g/mol. The molecule has 0 bridgehead atoms. The van der Waals surface area contributed by atoms with E-state index in [0.717, 1.165) is 58.3 Å². The van der Waals surface area contributed by atoms with Crippen molar-refractivity contribution in [3.8, 4) is 0 Å². The average Bonchev–Trinajstić information content (AvgIpc) is 2.37. The minimum absolute atomic E-state index is 0.0284. The third-order valence-corrected chi connectivity index (χ3v) is 4.63. The predicted octanol–water partition coefficient (Wildman–Crippen LogP) is 2.68. The van der Waals surface area contributed by atoms with Gasteiger partial charge in [0.15, 0.2) is 0 Å². The second-order valence-corrected chi connectivity index (χ2v) is 6.02. The highest BCUT2D eigenvalue weighted by Gasteiger charge is 2.44. The normalized spacial score (nSPS) is 30.9. The molecular formula is C15H26O3. The molecule has 0 saturated carbocycles. The van der Waals surface area contributed by atoms with Crippen molar-refractivity contribution >= 4 is 0 Å². The number of rotatable bonds is 4. The molecule has 2 unspecified atom stereocenters. The fraction of sp³-hybridized carbons (Fsp3) is 0.867. The van der Waals surface area contributed by atoms with E-state index in [1.54, 1.807) is 0 Å². The van der Waals surface area contributed by atoms with E-state index in [1.807, 2.05) is 13.0 Å². The summed E-state index contributed by atoms with van der Waals surface area (Å²) in [6, 6.07) is 0. The topological polar surface area (TPSA) is 38.7 Å². The van der Waals surface area contributed by atoms with Crippen LogP contribution in [-0.2, 0) is 9.47 Å². The highest BCUT2D eigenvalue weighted by Crippen LogP contribution is 2.42.